The van der Waals surface area contributed by atoms with Gasteiger partial charge >= 0.3 is 0 Å². The molecule has 0 saturated heterocycles. The van der Waals surface area contributed by atoms with E-state index < -0.39 is 0 Å². The summed E-state index contributed by atoms with van der Waals surface area (Å²) in [6.07, 6.45) is 2.77. The molecule has 0 atom stereocenters. The molecule has 0 radical (unpaired) electrons. The number of aliphatic imine (C=N–C) groups is 1. The fraction of sp³-hybridized carbons (Fsp3) is 0.136. The number of ketones is 1. The van der Waals surface area contributed by atoms with Gasteiger partial charge in [0, 0.05) is 29.6 Å². The second-order valence-electron chi connectivity index (χ2n) is 6.70. The molecule has 5 heteroatoms. The molecule has 4 nitrogen and oxygen atoms in total. The van der Waals surface area contributed by atoms with Gasteiger partial charge in [0.05, 0.1) is 11.1 Å². The summed E-state index contributed by atoms with van der Waals surface area (Å²) in [5.74, 6) is 0.981. The molecule has 27 heavy (non-hydrogen) atoms. The number of rotatable bonds is 2. The summed E-state index contributed by atoms with van der Waals surface area (Å²) < 4.78 is 13.2. The van der Waals surface area contributed by atoms with Crippen molar-refractivity contribution in [2.75, 3.05) is 18.0 Å². The Bertz CT molecular complexity index is 1130. The lowest BCUT2D eigenvalue weighted by Crippen LogP contribution is -2.41. The Kier molecular flexibility index (Phi) is 3.60. The van der Waals surface area contributed by atoms with Crippen molar-refractivity contribution in [3.05, 3.63) is 77.1 Å². The van der Waals surface area contributed by atoms with Crippen LogP contribution in [0.25, 0.3) is 17.0 Å². The molecule has 3 heterocycles. The number of Topliss-reactive ketones (excluding diaryl/α,β-unsaturated/α-hetero) is 1. The van der Waals surface area contributed by atoms with Gasteiger partial charge in [-0.3, -0.25) is 9.79 Å². The summed E-state index contributed by atoms with van der Waals surface area (Å²) in [7, 11) is 0. The van der Waals surface area contributed by atoms with Crippen molar-refractivity contribution in [3.63, 3.8) is 0 Å². The fourth-order valence-corrected chi connectivity index (χ4v) is 3.63. The largest absolute Gasteiger partial charge is 0.310 e. The van der Waals surface area contributed by atoms with Crippen LogP contribution in [0.15, 0.2) is 65.2 Å². The van der Waals surface area contributed by atoms with Crippen LogP contribution in [0.2, 0.25) is 0 Å². The average molecular weight is 357 g/mol. The number of hydrogen-bond donors (Lipinski definition) is 0. The molecular formula is C22H16FN3O. The maximum Gasteiger partial charge on any atom is 0.196 e. The van der Waals surface area contributed by atoms with E-state index in [0.29, 0.717) is 23.5 Å². The van der Waals surface area contributed by atoms with Crippen LogP contribution in [0.3, 0.4) is 0 Å². The molecule has 0 saturated carbocycles. The van der Waals surface area contributed by atoms with E-state index in [1.54, 1.807) is 0 Å². The van der Waals surface area contributed by atoms with E-state index in [-0.39, 0.29) is 11.6 Å². The third kappa shape index (κ3) is 2.63. The first-order chi connectivity index (χ1) is 13.2. The minimum Gasteiger partial charge on any atom is -0.310 e. The molecule has 3 aromatic rings. The molecule has 1 aromatic heterocycles. The van der Waals surface area contributed by atoms with Gasteiger partial charge in [-0.1, -0.05) is 18.2 Å². The maximum absolute atomic E-state index is 13.2. The van der Waals surface area contributed by atoms with Crippen LogP contribution in [0.5, 0.6) is 0 Å². The molecule has 0 unspecified atom stereocenters. The van der Waals surface area contributed by atoms with E-state index in [4.69, 9.17) is 4.98 Å². The van der Waals surface area contributed by atoms with Gasteiger partial charge in [-0.15, -0.1) is 0 Å². The van der Waals surface area contributed by atoms with Crippen LogP contribution in [0.4, 0.5) is 10.2 Å². The number of nitrogens with zero attached hydrogens (tertiary/aromatic N) is 3. The van der Waals surface area contributed by atoms with Crippen LogP contribution in [0, 0.1) is 5.82 Å². The lowest BCUT2D eigenvalue weighted by atomic mass is 9.95. The molecule has 2 aromatic carbocycles. The summed E-state index contributed by atoms with van der Waals surface area (Å²) >= 11 is 0. The number of fused-ring (bicyclic) bond motifs is 4. The third-order valence-corrected chi connectivity index (χ3v) is 4.94. The molecule has 0 spiro atoms. The summed E-state index contributed by atoms with van der Waals surface area (Å²) in [5, 5.41) is 1.03. The molecule has 5 rings (SSSR count). The highest BCUT2D eigenvalue weighted by molar-refractivity contribution is 6.35. The van der Waals surface area contributed by atoms with Gasteiger partial charge in [-0.2, -0.15) is 0 Å². The topological polar surface area (TPSA) is 45.6 Å². The second kappa shape index (κ2) is 6.13. The van der Waals surface area contributed by atoms with E-state index in [9.17, 15) is 9.18 Å². The average Bonchev–Trinajstić information content (AvgIpc) is 2.72. The normalized spacial score (nSPS) is 15.7. The van der Waals surface area contributed by atoms with Crippen LogP contribution in [-0.4, -0.2) is 29.7 Å². The smallest absolute Gasteiger partial charge is 0.196 e. The van der Waals surface area contributed by atoms with Gasteiger partial charge < -0.3 is 4.90 Å². The number of halogens is 1. The van der Waals surface area contributed by atoms with Gasteiger partial charge in [-0.05, 0) is 48.9 Å². The number of pyridine rings is 1. The SMILES string of the molecule is O=C(C1=Cc2cc3ccccc3nc2N2CCCN=C12)c1ccc(F)cc1. The Morgan fingerprint density at radius 3 is 2.74 bits per heavy atom. The van der Waals surface area contributed by atoms with E-state index in [0.717, 1.165) is 35.2 Å². The van der Waals surface area contributed by atoms with Crippen molar-refractivity contribution in [3.8, 4) is 0 Å². The van der Waals surface area contributed by atoms with Gasteiger partial charge in [0.2, 0.25) is 0 Å². The number of carbonyl (C=O) groups excluding carboxylic acids is 1. The molecule has 2 aliphatic heterocycles. The number of carbonyl (C=O) groups is 1. The minimum absolute atomic E-state index is 0.153. The maximum atomic E-state index is 13.2. The first-order valence-electron chi connectivity index (χ1n) is 8.95. The van der Waals surface area contributed by atoms with Crippen molar-refractivity contribution in [1.29, 1.82) is 0 Å². The Morgan fingerprint density at radius 2 is 1.89 bits per heavy atom. The van der Waals surface area contributed by atoms with Crippen LogP contribution in [0.1, 0.15) is 22.3 Å². The van der Waals surface area contributed by atoms with Gasteiger partial charge in [0.15, 0.2) is 5.78 Å². The highest BCUT2D eigenvalue weighted by Gasteiger charge is 2.31. The predicted octanol–water partition coefficient (Wildman–Crippen LogP) is 4.26. The van der Waals surface area contributed by atoms with Crippen LogP contribution in [-0.2, 0) is 0 Å². The van der Waals surface area contributed by atoms with Crippen LogP contribution < -0.4 is 4.90 Å². The van der Waals surface area contributed by atoms with Crippen molar-refractivity contribution >= 4 is 34.4 Å². The van der Waals surface area contributed by atoms with Crippen molar-refractivity contribution in [1.82, 2.24) is 4.98 Å². The first-order valence-corrected chi connectivity index (χ1v) is 8.95. The molecule has 2 aliphatic rings. The van der Waals surface area contributed by atoms with E-state index in [1.165, 1.54) is 24.3 Å². The highest BCUT2D eigenvalue weighted by atomic mass is 19.1. The molecule has 0 amide bonds. The highest BCUT2D eigenvalue weighted by Crippen LogP contribution is 2.33. The quantitative estimate of drug-likeness (QED) is 0.644. The second-order valence-corrected chi connectivity index (χ2v) is 6.70. The molecular weight excluding hydrogens is 341 g/mol. The third-order valence-electron chi connectivity index (χ3n) is 4.94. The fourth-order valence-electron chi connectivity index (χ4n) is 3.63. The summed E-state index contributed by atoms with van der Waals surface area (Å²) in [6, 6.07) is 15.6. The van der Waals surface area contributed by atoms with Gasteiger partial charge in [-0.25, -0.2) is 9.37 Å². The van der Waals surface area contributed by atoms with E-state index in [2.05, 4.69) is 11.1 Å². The standard InChI is InChI=1S/C22H16FN3O/c23-17-8-6-14(7-9-17)20(27)18-13-16-12-15-4-1-2-5-19(15)25-21(16)26-11-3-10-24-22(18)26/h1-2,4-9,12-13H,3,10-11H2. The summed E-state index contributed by atoms with van der Waals surface area (Å²) in [5.41, 5.74) is 2.81. The number of benzene rings is 2. The molecule has 0 fully saturated rings. The molecule has 0 aliphatic carbocycles. The number of amidine groups is 1. The number of aromatic nitrogens is 1. The predicted molar refractivity (Wildman–Crippen MR) is 105 cm³/mol. The Balaban J connectivity index is 1.69. The van der Waals surface area contributed by atoms with Crippen molar-refractivity contribution in [2.24, 2.45) is 4.99 Å². The van der Waals surface area contributed by atoms with Crippen molar-refractivity contribution in [2.45, 2.75) is 6.42 Å². The number of para-hydroxylation sites is 1. The molecule has 0 bridgehead atoms. The van der Waals surface area contributed by atoms with Crippen molar-refractivity contribution < 1.29 is 9.18 Å². The van der Waals surface area contributed by atoms with Gasteiger partial charge in [0.1, 0.15) is 17.5 Å². The lowest BCUT2D eigenvalue weighted by Gasteiger charge is -2.33. The zero-order valence-corrected chi connectivity index (χ0v) is 14.5. The Labute approximate surface area is 155 Å². The minimum atomic E-state index is -0.359. The zero-order chi connectivity index (χ0) is 18.4. The molecule has 132 valence electrons. The van der Waals surface area contributed by atoms with E-state index in [1.807, 2.05) is 35.2 Å². The lowest BCUT2D eigenvalue weighted by molar-refractivity contribution is 0.104. The summed E-state index contributed by atoms with van der Waals surface area (Å²) in [4.78, 5) is 24.6. The summed E-state index contributed by atoms with van der Waals surface area (Å²) in [6.45, 7) is 1.45. The zero-order valence-electron chi connectivity index (χ0n) is 14.5. The van der Waals surface area contributed by atoms with E-state index >= 15 is 0 Å². The first kappa shape index (κ1) is 15.9. The van der Waals surface area contributed by atoms with Gasteiger partial charge in [0.25, 0.3) is 0 Å². The number of anilines is 1. The Hall–Kier alpha value is -3.34. The van der Waals surface area contributed by atoms with Crippen LogP contribution >= 0.6 is 0 Å². The molecule has 0 N–H and O–H groups in total. The monoisotopic (exact) mass is 357 g/mol. The number of hydrogen-bond acceptors (Lipinski definition) is 4. The Morgan fingerprint density at radius 1 is 1.07 bits per heavy atom.